The topological polar surface area (TPSA) is 21.3 Å². The first-order valence-electron chi connectivity index (χ1n) is 7.62. The lowest BCUT2D eigenvalue weighted by Crippen LogP contribution is -2.16. The van der Waals surface area contributed by atoms with Crippen LogP contribution in [0.2, 0.25) is 0 Å². The summed E-state index contributed by atoms with van der Waals surface area (Å²) in [5.74, 6) is 0.987. The van der Waals surface area contributed by atoms with Crippen LogP contribution in [0.25, 0.3) is 10.1 Å². The molecule has 2 aromatic carbocycles. The second-order valence-electron chi connectivity index (χ2n) is 5.45. The molecule has 0 amide bonds. The van der Waals surface area contributed by atoms with Gasteiger partial charge in [-0.1, -0.05) is 36.4 Å². The van der Waals surface area contributed by atoms with Crippen molar-refractivity contribution >= 4 is 21.4 Å². The van der Waals surface area contributed by atoms with E-state index >= 15 is 0 Å². The van der Waals surface area contributed by atoms with Crippen molar-refractivity contribution in [2.75, 3.05) is 13.6 Å². The minimum absolute atomic E-state index is 0.0710. The van der Waals surface area contributed by atoms with E-state index in [0.717, 1.165) is 18.7 Å². The average molecular weight is 311 g/mol. The summed E-state index contributed by atoms with van der Waals surface area (Å²) >= 11 is 1.75. The van der Waals surface area contributed by atoms with Gasteiger partial charge in [0.15, 0.2) is 0 Å². The Morgan fingerprint density at radius 2 is 1.91 bits per heavy atom. The van der Waals surface area contributed by atoms with Crippen molar-refractivity contribution in [2.24, 2.45) is 0 Å². The molecule has 0 saturated heterocycles. The highest BCUT2D eigenvalue weighted by molar-refractivity contribution is 7.17. The predicted octanol–water partition coefficient (Wildman–Crippen LogP) is 4.94. The number of aryl methyl sites for hydroxylation is 1. The first kappa shape index (κ1) is 15.1. The molecular formula is C19H21NOS. The summed E-state index contributed by atoms with van der Waals surface area (Å²) in [5, 5.41) is 6.65. The lowest BCUT2D eigenvalue weighted by Gasteiger charge is -2.20. The highest BCUT2D eigenvalue weighted by Crippen LogP contribution is 2.36. The quantitative estimate of drug-likeness (QED) is 0.696. The van der Waals surface area contributed by atoms with Crippen LogP contribution in [0.3, 0.4) is 0 Å². The van der Waals surface area contributed by atoms with Crippen molar-refractivity contribution in [3.63, 3.8) is 0 Å². The van der Waals surface area contributed by atoms with Crippen LogP contribution in [-0.2, 0) is 0 Å². The van der Waals surface area contributed by atoms with Crippen LogP contribution in [0, 0.1) is 6.92 Å². The van der Waals surface area contributed by atoms with Crippen LogP contribution in [0.5, 0.6) is 5.75 Å². The van der Waals surface area contributed by atoms with Gasteiger partial charge in [-0.2, -0.15) is 0 Å². The maximum Gasteiger partial charge on any atom is 0.138 e. The lowest BCUT2D eigenvalue weighted by atomic mass is 10.1. The van der Waals surface area contributed by atoms with Gasteiger partial charge in [0.25, 0.3) is 0 Å². The van der Waals surface area contributed by atoms with E-state index in [-0.39, 0.29) is 6.10 Å². The molecule has 0 aliphatic heterocycles. The van der Waals surface area contributed by atoms with Crippen LogP contribution < -0.4 is 10.1 Å². The van der Waals surface area contributed by atoms with Crippen LogP contribution in [-0.4, -0.2) is 13.6 Å². The molecule has 1 atom stereocenters. The van der Waals surface area contributed by atoms with E-state index in [1.807, 2.05) is 13.1 Å². The van der Waals surface area contributed by atoms with Crippen molar-refractivity contribution < 1.29 is 4.74 Å². The molecule has 0 saturated carbocycles. The molecule has 0 spiro atoms. The van der Waals surface area contributed by atoms with E-state index in [9.17, 15) is 0 Å². The van der Waals surface area contributed by atoms with Gasteiger partial charge in [0.2, 0.25) is 0 Å². The fraction of sp³-hybridized carbons (Fsp3) is 0.263. The van der Waals surface area contributed by atoms with Crippen molar-refractivity contribution in [2.45, 2.75) is 19.4 Å². The molecule has 0 bridgehead atoms. The van der Waals surface area contributed by atoms with Gasteiger partial charge in [0.1, 0.15) is 11.9 Å². The Balaban J connectivity index is 1.92. The van der Waals surface area contributed by atoms with Crippen LogP contribution in [0.4, 0.5) is 0 Å². The Kier molecular flexibility index (Phi) is 4.76. The van der Waals surface area contributed by atoms with Crippen molar-refractivity contribution in [3.8, 4) is 5.75 Å². The second kappa shape index (κ2) is 6.95. The van der Waals surface area contributed by atoms with Crippen molar-refractivity contribution in [3.05, 3.63) is 65.0 Å². The fourth-order valence-corrected chi connectivity index (χ4v) is 3.59. The molecule has 0 fully saturated rings. The lowest BCUT2D eigenvalue weighted by molar-refractivity contribution is 0.198. The summed E-state index contributed by atoms with van der Waals surface area (Å²) in [6.45, 7) is 3.08. The van der Waals surface area contributed by atoms with E-state index in [2.05, 4.69) is 60.1 Å². The first-order chi connectivity index (χ1) is 10.8. The number of benzene rings is 2. The molecule has 0 radical (unpaired) electrons. The molecule has 0 unspecified atom stereocenters. The fourth-order valence-electron chi connectivity index (χ4n) is 2.66. The molecule has 3 aromatic rings. The maximum absolute atomic E-state index is 6.40. The smallest absolute Gasteiger partial charge is 0.138 e. The maximum atomic E-state index is 6.40. The highest BCUT2D eigenvalue weighted by Gasteiger charge is 2.15. The van der Waals surface area contributed by atoms with Gasteiger partial charge in [-0.25, -0.2) is 0 Å². The molecule has 0 aliphatic carbocycles. The summed E-state index contributed by atoms with van der Waals surface area (Å²) in [4.78, 5) is 0. The number of ether oxygens (including phenoxy) is 1. The van der Waals surface area contributed by atoms with Crippen LogP contribution in [0.15, 0.2) is 53.9 Å². The molecule has 1 N–H and O–H groups in total. The van der Waals surface area contributed by atoms with E-state index in [1.54, 1.807) is 11.3 Å². The minimum Gasteiger partial charge on any atom is -0.484 e. The number of fused-ring (bicyclic) bond motifs is 1. The third-order valence-electron chi connectivity index (χ3n) is 3.90. The number of hydrogen-bond donors (Lipinski definition) is 1. The summed E-state index contributed by atoms with van der Waals surface area (Å²) in [7, 11) is 1.98. The summed E-state index contributed by atoms with van der Waals surface area (Å²) in [5.41, 5.74) is 2.53. The molecule has 1 heterocycles. The van der Waals surface area contributed by atoms with Crippen molar-refractivity contribution in [1.29, 1.82) is 0 Å². The zero-order valence-corrected chi connectivity index (χ0v) is 13.8. The first-order valence-corrected chi connectivity index (χ1v) is 8.50. The normalized spacial score (nSPS) is 12.5. The molecule has 0 aliphatic rings. The molecule has 3 heteroatoms. The molecule has 114 valence electrons. The van der Waals surface area contributed by atoms with Gasteiger partial charge < -0.3 is 10.1 Å². The number of hydrogen-bond acceptors (Lipinski definition) is 3. The van der Waals surface area contributed by atoms with Gasteiger partial charge in [-0.15, -0.1) is 11.3 Å². The number of nitrogens with one attached hydrogen (secondary N) is 1. The summed E-state index contributed by atoms with van der Waals surface area (Å²) < 4.78 is 7.64. The molecule has 1 aromatic heterocycles. The Morgan fingerprint density at radius 3 is 2.68 bits per heavy atom. The highest BCUT2D eigenvalue weighted by atomic mass is 32.1. The largest absolute Gasteiger partial charge is 0.484 e. The van der Waals surface area contributed by atoms with Gasteiger partial charge in [-0.05, 0) is 54.5 Å². The Labute approximate surface area is 135 Å². The van der Waals surface area contributed by atoms with Gasteiger partial charge in [-0.3, -0.25) is 0 Å². The molecule has 3 rings (SSSR count). The zero-order valence-electron chi connectivity index (χ0n) is 13.0. The third-order valence-corrected chi connectivity index (χ3v) is 4.82. The van der Waals surface area contributed by atoms with E-state index < -0.39 is 0 Å². The van der Waals surface area contributed by atoms with Crippen LogP contribution >= 0.6 is 11.3 Å². The Hall–Kier alpha value is -1.84. The second-order valence-corrected chi connectivity index (χ2v) is 6.37. The van der Waals surface area contributed by atoms with E-state index in [1.165, 1.54) is 21.2 Å². The summed E-state index contributed by atoms with van der Waals surface area (Å²) in [6.07, 6.45) is 1.02. The van der Waals surface area contributed by atoms with E-state index in [0.29, 0.717) is 0 Å². The minimum atomic E-state index is 0.0710. The summed E-state index contributed by atoms with van der Waals surface area (Å²) in [6, 6.07) is 16.9. The van der Waals surface area contributed by atoms with Crippen molar-refractivity contribution in [1.82, 2.24) is 5.32 Å². The number of thiophene rings is 1. The van der Waals surface area contributed by atoms with E-state index in [4.69, 9.17) is 4.74 Å². The zero-order chi connectivity index (χ0) is 15.4. The SMILES string of the molecule is CNCC[C@@H](Oc1ccc(C)c2ccsc12)c1ccccc1. The Bertz CT molecular complexity index is 736. The molecular weight excluding hydrogens is 290 g/mol. The van der Waals surface area contributed by atoms with Gasteiger partial charge >= 0.3 is 0 Å². The third kappa shape index (κ3) is 3.16. The standard InChI is InChI=1S/C19H21NOS/c1-14-8-9-18(19-16(14)11-13-22-19)21-17(10-12-20-2)15-6-4-3-5-7-15/h3-9,11,13,17,20H,10,12H2,1-2H3/t17-/m1/s1. The Morgan fingerprint density at radius 1 is 1.09 bits per heavy atom. The molecule has 2 nitrogen and oxygen atoms in total. The van der Waals surface area contributed by atoms with Crippen LogP contribution in [0.1, 0.15) is 23.7 Å². The monoisotopic (exact) mass is 311 g/mol. The number of rotatable bonds is 6. The molecule has 22 heavy (non-hydrogen) atoms. The average Bonchev–Trinajstić information content (AvgIpc) is 3.05. The predicted molar refractivity (Wildman–Crippen MR) is 94.9 cm³/mol. The van der Waals surface area contributed by atoms with Gasteiger partial charge in [0, 0.05) is 6.42 Å². The van der Waals surface area contributed by atoms with Gasteiger partial charge in [0.05, 0.1) is 4.70 Å².